The molecule has 0 radical (unpaired) electrons. The van der Waals surface area contributed by atoms with Crippen LogP contribution in [0.15, 0.2) is 0 Å². The first-order chi connectivity index (χ1) is 6.75. The molecule has 2 unspecified atom stereocenters. The monoisotopic (exact) mass is 214 g/mol. The number of rotatable bonds is 3. The largest absolute Gasteiger partial charge is 0.392 e. The number of carbonyl (C=O) groups is 2. The number of imide groups is 1. The minimum atomic E-state index is -0.591. The molecule has 0 spiro atoms. The molecule has 2 amide bonds. The number of carbonyl (C=O) groups excluding carboxylic acids is 2. The highest BCUT2D eigenvalue weighted by Crippen LogP contribution is 2.16. The van der Waals surface area contributed by atoms with Crippen LogP contribution in [0.25, 0.3) is 0 Å². The van der Waals surface area contributed by atoms with E-state index in [-0.39, 0.29) is 18.2 Å². The summed E-state index contributed by atoms with van der Waals surface area (Å²) in [6.45, 7) is 5.25. The Morgan fingerprint density at radius 3 is 2.40 bits per heavy atom. The van der Waals surface area contributed by atoms with Crippen molar-refractivity contribution >= 4 is 11.8 Å². The highest BCUT2D eigenvalue weighted by molar-refractivity contribution is 6.05. The third-order valence-corrected chi connectivity index (χ3v) is 2.97. The van der Waals surface area contributed by atoms with Crippen molar-refractivity contribution in [3.63, 3.8) is 0 Å². The molecular weight excluding hydrogens is 196 g/mol. The maximum atomic E-state index is 11.6. The van der Waals surface area contributed by atoms with Crippen LogP contribution in [-0.2, 0) is 9.59 Å². The van der Waals surface area contributed by atoms with Gasteiger partial charge in [0.05, 0.1) is 18.6 Å². The number of aliphatic hydroxyl groups is 1. The van der Waals surface area contributed by atoms with Gasteiger partial charge in [0.2, 0.25) is 11.8 Å². The average Bonchev–Trinajstić information content (AvgIpc) is 2.33. The van der Waals surface area contributed by atoms with Crippen LogP contribution >= 0.6 is 0 Å². The molecule has 1 rings (SSSR count). The molecule has 1 saturated heterocycles. The summed E-state index contributed by atoms with van der Waals surface area (Å²) in [5.41, 5.74) is -0.578. The van der Waals surface area contributed by atoms with Gasteiger partial charge in [0.25, 0.3) is 0 Å². The fraction of sp³-hybridized carbons (Fsp3) is 0.800. The van der Waals surface area contributed by atoms with E-state index in [1.165, 1.54) is 7.05 Å². The zero-order chi connectivity index (χ0) is 11.8. The van der Waals surface area contributed by atoms with Gasteiger partial charge in [-0.3, -0.25) is 19.8 Å². The molecule has 1 aliphatic heterocycles. The molecule has 1 fully saturated rings. The number of nitrogens with zero attached hydrogens (tertiary/aromatic N) is 1. The fourth-order valence-electron chi connectivity index (χ4n) is 1.44. The van der Waals surface area contributed by atoms with E-state index < -0.39 is 17.7 Å². The van der Waals surface area contributed by atoms with Gasteiger partial charge >= 0.3 is 0 Å². The van der Waals surface area contributed by atoms with E-state index in [1.807, 2.05) is 0 Å². The third-order valence-electron chi connectivity index (χ3n) is 2.97. The number of likely N-dealkylation sites (tertiary alicyclic amines) is 1. The van der Waals surface area contributed by atoms with Gasteiger partial charge in [-0.2, -0.15) is 0 Å². The van der Waals surface area contributed by atoms with Gasteiger partial charge in [-0.1, -0.05) is 0 Å². The van der Waals surface area contributed by atoms with Gasteiger partial charge in [0.15, 0.2) is 0 Å². The van der Waals surface area contributed by atoms with E-state index >= 15 is 0 Å². The van der Waals surface area contributed by atoms with Crippen LogP contribution in [-0.4, -0.2) is 46.6 Å². The molecular formula is C10H18N2O3. The number of aliphatic hydroxyl groups excluding tert-OH is 1. The Morgan fingerprint density at radius 2 is 2.07 bits per heavy atom. The Hall–Kier alpha value is -0.940. The molecule has 0 bridgehead atoms. The zero-order valence-electron chi connectivity index (χ0n) is 9.57. The van der Waals surface area contributed by atoms with Crippen molar-refractivity contribution in [3.05, 3.63) is 0 Å². The first-order valence-corrected chi connectivity index (χ1v) is 5.02. The molecule has 0 aliphatic carbocycles. The van der Waals surface area contributed by atoms with Crippen LogP contribution < -0.4 is 5.32 Å². The quantitative estimate of drug-likeness (QED) is 0.621. The van der Waals surface area contributed by atoms with Crippen LogP contribution in [0.5, 0.6) is 0 Å². The second kappa shape index (κ2) is 3.90. The van der Waals surface area contributed by atoms with Gasteiger partial charge in [-0.15, -0.1) is 0 Å². The number of hydrogen-bond acceptors (Lipinski definition) is 4. The van der Waals surface area contributed by atoms with Crippen LogP contribution in [0, 0.1) is 0 Å². The topological polar surface area (TPSA) is 69.6 Å². The summed E-state index contributed by atoms with van der Waals surface area (Å²) in [6, 6.07) is -0.507. The van der Waals surface area contributed by atoms with Gasteiger partial charge in [-0.25, -0.2) is 0 Å². The minimum Gasteiger partial charge on any atom is -0.392 e. The summed E-state index contributed by atoms with van der Waals surface area (Å²) in [6.07, 6.45) is -0.419. The summed E-state index contributed by atoms with van der Waals surface area (Å²) < 4.78 is 0. The first-order valence-electron chi connectivity index (χ1n) is 5.02. The van der Waals surface area contributed by atoms with Crippen molar-refractivity contribution in [3.8, 4) is 0 Å². The molecule has 2 atom stereocenters. The number of likely N-dealkylation sites (N-methyl/N-ethyl adjacent to an activating group) is 1. The van der Waals surface area contributed by atoms with Gasteiger partial charge < -0.3 is 5.11 Å². The molecule has 15 heavy (non-hydrogen) atoms. The highest BCUT2D eigenvalue weighted by atomic mass is 16.3. The molecule has 5 nitrogen and oxygen atoms in total. The Morgan fingerprint density at radius 1 is 1.53 bits per heavy atom. The maximum Gasteiger partial charge on any atom is 0.246 e. The second-order valence-corrected chi connectivity index (χ2v) is 4.59. The van der Waals surface area contributed by atoms with E-state index in [0.717, 1.165) is 4.90 Å². The van der Waals surface area contributed by atoms with E-state index in [1.54, 1.807) is 20.8 Å². The SMILES string of the molecule is CC(O)C(C)(C)NC1CC(=O)N(C)C1=O. The van der Waals surface area contributed by atoms with Crippen LogP contribution in [0.4, 0.5) is 0 Å². The second-order valence-electron chi connectivity index (χ2n) is 4.59. The first kappa shape index (κ1) is 12.1. The van der Waals surface area contributed by atoms with Crippen LogP contribution in [0.1, 0.15) is 27.2 Å². The lowest BCUT2D eigenvalue weighted by Gasteiger charge is -2.31. The van der Waals surface area contributed by atoms with Crippen molar-refractivity contribution < 1.29 is 14.7 Å². The smallest absolute Gasteiger partial charge is 0.246 e. The summed E-state index contributed by atoms with van der Waals surface area (Å²) >= 11 is 0. The molecule has 86 valence electrons. The van der Waals surface area contributed by atoms with E-state index in [9.17, 15) is 14.7 Å². The number of hydrogen-bond donors (Lipinski definition) is 2. The van der Waals surface area contributed by atoms with E-state index in [2.05, 4.69) is 5.32 Å². The molecule has 1 aliphatic rings. The number of nitrogens with one attached hydrogen (secondary N) is 1. The lowest BCUT2D eigenvalue weighted by molar-refractivity contribution is -0.137. The fourth-order valence-corrected chi connectivity index (χ4v) is 1.44. The normalized spacial score (nSPS) is 24.9. The summed E-state index contributed by atoms with van der Waals surface area (Å²) in [4.78, 5) is 24.0. The van der Waals surface area contributed by atoms with Gasteiger partial charge in [0, 0.05) is 12.6 Å². The summed E-state index contributed by atoms with van der Waals surface area (Å²) in [5.74, 6) is -0.410. The van der Waals surface area contributed by atoms with E-state index in [0.29, 0.717) is 0 Å². The Bertz CT molecular complexity index is 286. The third kappa shape index (κ3) is 2.35. The lowest BCUT2D eigenvalue weighted by Crippen LogP contribution is -2.54. The summed E-state index contributed by atoms with van der Waals surface area (Å²) in [7, 11) is 1.47. The average molecular weight is 214 g/mol. The molecule has 0 aromatic heterocycles. The lowest BCUT2D eigenvalue weighted by atomic mass is 9.97. The molecule has 0 saturated carbocycles. The van der Waals surface area contributed by atoms with E-state index in [4.69, 9.17) is 0 Å². The van der Waals surface area contributed by atoms with Crippen molar-refractivity contribution in [2.24, 2.45) is 0 Å². The predicted molar refractivity (Wildman–Crippen MR) is 55.1 cm³/mol. The van der Waals surface area contributed by atoms with Gasteiger partial charge in [0.1, 0.15) is 0 Å². The van der Waals surface area contributed by atoms with Crippen molar-refractivity contribution in [1.29, 1.82) is 0 Å². The molecule has 2 N–H and O–H groups in total. The molecule has 1 heterocycles. The minimum absolute atomic E-state index is 0.172. The standard InChI is InChI=1S/C10H18N2O3/c1-6(13)10(2,3)11-7-5-8(14)12(4)9(7)15/h6-7,11,13H,5H2,1-4H3. The molecule has 0 aromatic carbocycles. The molecule has 5 heteroatoms. The highest BCUT2D eigenvalue weighted by Gasteiger charge is 2.39. The van der Waals surface area contributed by atoms with Crippen LogP contribution in [0.3, 0.4) is 0 Å². The van der Waals surface area contributed by atoms with Crippen molar-refractivity contribution in [1.82, 2.24) is 10.2 Å². The van der Waals surface area contributed by atoms with Gasteiger partial charge in [-0.05, 0) is 20.8 Å². The summed E-state index contributed by atoms with van der Waals surface area (Å²) in [5, 5.41) is 12.5. The van der Waals surface area contributed by atoms with Crippen molar-refractivity contribution in [2.45, 2.75) is 44.9 Å². The Balaban J connectivity index is 2.69. The van der Waals surface area contributed by atoms with Crippen LogP contribution in [0.2, 0.25) is 0 Å². The van der Waals surface area contributed by atoms with Crippen molar-refractivity contribution in [2.75, 3.05) is 7.05 Å². The number of amides is 2. The maximum absolute atomic E-state index is 11.6. The zero-order valence-corrected chi connectivity index (χ0v) is 9.57. The predicted octanol–water partition coefficient (Wildman–Crippen LogP) is -0.507. The molecule has 0 aromatic rings. The Kier molecular flexibility index (Phi) is 3.16. The Labute approximate surface area is 89.4 Å².